The number of hydrogen-bond acceptors (Lipinski definition) is 3. The van der Waals surface area contributed by atoms with E-state index in [1.807, 2.05) is 13.8 Å². The summed E-state index contributed by atoms with van der Waals surface area (Å²) in [6.45, 7) is 9.34. The molecule has 0 bridgehead atoms. The average molecular weight is 307 g/mol. The van der Waals surface area contributed by atoms with Gasteiger partial charge in [-0.05, 0) is 0 Å². The van der Waals surface area contributed by atoms with Gasteiger partial charge in [0.15, 0.2) is 0 Å². The number of rotatable bonds is 7. The fourth-order valence-electron chi connectivity index (χ4n) is 0.752. The molecule has 1 unspecified atom stereocenters. The average Bonchev–Trinajstić information content (AvgIpc) is 2.01. The maximum absolute atomic E-state index is 9.32. The zero-order valence-electron chi connectivity index (χ0n) is 9.05. The summed E-state index contributed by atoms with van der Waals surface area (Å²) in [5, 5.41) is 12.4. The summed E-state index contributed by atoms with van der Waals surface area (Å²) in [4.78, 5) is 0. The van der Waals surface area contributed by atoms with E-state index >= 15 is 0 Å². The van der Waals surface area contributed by atoms with E-state index in [4.69, 9.17) is 4.74 Å². The van der Waals surface area contributed by atoms with E-state index in [1.54, 1.807) is 0 Å². The van der Waals surface area contributed by atoms with E-state index in [-0.39, 0.29) is 68.9 Å². The summed E-state index contributed by atoms with van der Waals surface area (Å²) in [7, 11) is 0. The van der Waals surface area contributed by atoms with Gasteiger partial charge in [-0.25, -0.2) is 0 Å². The standard InChI is InChI=1S/C9H20NO2.Cs/c1-4-5-12-7-9(11)6-10-8(2)3;/h8-11H,1,4-7H2,2-3H3;/q-1;+1. The Kier molecular flexibility index (Phi) is 16.0. The van der Waals surface area contributed by atoms with Gasteiger partial charge in [0, 0.05) is 19.2 Å². The first-order valence-electron chi connectivity index (χ1n) is 4.45. The zero-order chi connectivity index (χ0) is 9.40. The van der Waals surface area contributed by atoms with Crippen molar-refractivity contribution in [1.29, 1.82) is 0 Å². The molecule has 0 fully saturated rings. The third-order valence-corrected chi connectivity index (χ3v) is 1.36. The van der Waals surface area contributed by atoms with E-state index in [1.165, 1.54) is 0 Å². The van der Waals surface area contributed by atoms with Crippen LogP contribution in [0.5, 0.6) is 0 Å². The summed E-state index contributed by atoms with van der Waals surface area (Å²) in [5.74, 6) is 0. The van der Waals surface area contributed by atoms with Crippen molar-refractivity contribution in [3.63, 3.8) is 0 Å². The van der Waals surface area contributed by atoms with Gasteiger partial charge in [0.1, 0.15) is 0 Å². The maximum Gasteiger partial charge on any atom is 1.00 e. The molecular weight excluding hydrogens is 287 g/mol. The summed E-state index contributed by atoms with van der Waals surface area (Å²) in [6, 6.07) is 0.410. The normalized spacial score (nSPS) is 12.7. The van der Waals surface area contributed by atoms with Crippen LogP contribution < -0.4 is 74.2 Å². The third-order valence-electron chi connectivity index (χ3n) is 1.36. The molecule has 0 aliphatic rings. The van der Waals surface area contributed by atoms with Crippen LogP contribution in [-0.2, 0) is 4.74 Å². The minimum Gasteiger partial charge on any atom is -0.389 e. The number of aliphatic hydroxyl groups is 1. The first-order valence-corrected chi connectivity index (χ1v) is 4.45. The van der Waals surface area contributed by atoms with Crippen LogP contribution in [0.25, 0.3) is 0 Å². The Morgan fingerprint density at radius 1 is 1.46 bits per heavy atom. The Balaban J connectivity index is 0. The van der Waals surface area contributed by atoms with Gasteiger partial charge in [-0.15, -0.1) is 0 Å². The quantitative estimate of drug-likeness (QED) is 0.407. The van der Waals surface area contributed by atoms with Crippen LogP contribution in [0.2, 0.25) is 0 Å². The van der Waals surface area contributed by atoms with Crippen molar-refractivity contribution in [2.24, 2.45) is 0 Å². The monoisotopic (exact) mass is 307 g/mol. The Bertz CT molecular complexity index is 102. The number of aliphatic hydroxyl groups excluding tert-OH is 1. The predicted molar refractivity (Wildman–Crippen MR) is 49.9 cm³/mol. The summed E-state index contributed by atoms with van der Waals surface area (Å²) in [6.07, 6.45) is 0.351. The number of ether oxygens (including phenoxy) is 1. The van der Waals surface area contributed by atoms with Crippen molar-refractivity contribution in [3.05, 3.63) is 6.92 Å². The Hall–Kier alpha value is 1.93. The molecule has 0 rings (SSSR count). The second kappa shape index (κ2) is 12.0. The largest absolute Gasteiger partial charge is 1.00 e. The van der Waals surface area contributed by atoms with Crippen molar-refractivity contribution in [2.75, 3.05) is 19.8 Å². The van der Waals surface area contributed by atoms with E-state index in [9.17, 15) is 5.11 Å². The van der Waals surface area contributed by atoms with E-state index in [0.29, 0.717) is 25.8 Å². The van der Waals surface area contributed by atoms with Gasteiger partial charge in [-0.1, -0.05) is 13.8 Å². The zero-order valence-corrected chi connectivity index (χ0v) is 15.3. The molecule has 1 atom stereocenters. The first kappa shape index (κ1) is 17.3. The fraction of sp³-hybridized carbons (Fsp3) is 0.889. The Morgan fingerprint density at radius 3 is 2.54 bits per heavy atom. The molecule has 0 aromatic carbocycles. The molecule has 13 heavy (non-hydrogen) atoms. The molecule has 0 spiro atoms. The van der Waals surface area contributed by atoms with Crippen LogP contribution in [0, 0.1) is 6.92 Å². The van der Waals surface area contributed by atoms with Gasteiger partial charge < -0.3 is 22.1 Å². The van der Waals surface area contributed by atoms with E-state index in [0.717, 1.165) is 6.42 Å². The number of nitrogens with one attached hydrogen (secondary N) is 1. The smallest absolute Gasteiger partial charge is 0.389 e. The van der Waals surface area contributed by atoms with Crippen molar-refractivity contribution in [2.45, 2.75) is 32.4 Å². The molecule has 0 aliphatic carbocycles. The van der Waals surface area contributed by atoms with Gasteiger partial charge >= 0.3 is 68.9 Å². The van der Waals surface area contributed by atoms with Crippen LogP contribution in [0.15, 0.2) is 0 Å². The first-order chi connectivity index (χ1) is 5.66. The molecule has 0 heterocycles. The third kappa shape index (κ3) is 13.9. The van der Waals surface area contributed by atoms with Crippen LogP contribution in [0.4, 0.5) is 0 Å². The Morgan fingerprint density at radius 2 is 2.08 bits per heavy atom. The van der Waals surface area contributed by atoms with Crippen molar-refractivity contribution < 1.29 is 78.7 Å². The minimum atomic E-state index is -0.404. The minimum absolute atomic E-state index is 0. The summed E-state index contributed by atoms with van der Waals surface area (Å²) < 4.78 is 5.12. The van der Waals surface area contributed by atoms with Crippen LogP contribution in [-0.4, -0.2) is 37.0 Å². The number of hydrogen-bond donors (Lipinski definition) is 2. The second-order valence-corrected chi connectivity index (χ2v) is 3.15. The molecule has 0 aromatic rings. The fourth-order valence-corrected chi connectivity index (χ4v) is 0.752. The molecule has 4 heteroatoms. The van der Waals surface area contributed by atoms with Crippen molar-refractivity contribution in [3.8, 4) is 0 Å². The topological polar surface area (TPSA) is 41.5 Å². The maximum atomic E-state index is 9.32. The van der Waals surface area contributed by atoms with Gasteiger partial charge in [-0.3, -0.25) is 0 Å². The molecule has 74 valence electrons. The second-order valence-electron chi connectivity index (χ2n) is 3.15. The van der Waals surface area contributed by atoms with Crippen molar-refractivity contribution >= 4 is 0 Å². The SMILES string of the molecule is [CH2-]CCOCC(O)CNC(C)C.[Cs+]. The van der Waals surface area contributed by atoms with E-state index in [2.05, 4.69) is 12.2 Å². The van der Waals surface area contributed by atoms with Crippen LogP contribution >= 0.6 is 0 Å². The van der Waals surface area contributed by atoms with Crippen molar-refractivity contribution in [1.82, 2.24) is 5.32 Å². The molecular formula is C9H20CsNO2. The molecule has 0 aliphatic heterocycles. The molecule has 3 nitrogen and oxygen atoms in total. The summed E-state index contributed by atoms with van der Waals surface area (Å²) in [5.41, 5.74) is 0. The van der Waals surface area contributed by atoms with Gasteiger partial charge in [0.05, 0.1) is 12.7 Å². The summed E-state index contributed by atoms with van der Waals surface area (Å²) >= 11 is 0. The molecule has 0 saturated heterocycles. The molecule has 0 amide bonds. The van der Waals surface area contributed by atoms with E-state index < -0.39 is 6.10 Å². The van der Waals surface area contributed by atoms with Gasteiger partial charge in [-0.2, -0.15) is 6.42 Å². The predicted octanol–water partition coefficient (Wildman–Crippen LogP) is -2.41. The molecule has 0 aromatic heterocycles. The Labute approximate surface area is 140 Å². The molecule has 0 saturated carbocycles. The van der Waals surface area contributed by atoms with Crippen LogP contribution in [0.3, 0.4) is 0 Å². The van der Waals surface area contributed by atoms with Gasteiger partial charge in [0.2, 0.25) is 0 Å². The van der Waals surface area contributed by atoms with Gasteiger partial charge in [0.25, 0.3) is 0 Å². The van der Waals surface area contributed by atoms with Crippen LogP contribution in [0.1, 0.15) is 20.3 Å². The molecule has 0 radical (unpaired) electrons. The molecule has 2 N–H and O–H groups in total.